The zero-order valence-corrected chi connectivity index (χ0v) is 14.8. The number of nitrogens with one attached hydrogen (secondary N) is 1. The van der Waals surface area contributed by atoms with Gasteiger partial charge in [0.05, 0.1) is 11.2 Å². The molecule has 1 heterocycles. The molecule has 1 aromatic rings. The summed E-state index contributed by atoms with van der Waals surface area (Å²) in [4.78, 5) is 12.1. The fraction of sp³-hybridized carbons (Fsp3) is 0.588. The second kappa shape index (κ2) is 6.80. The third-order valence-corrected chi connectivity index (χ3v) is 4.67. The Labute approximate surface area is 142 Å². The van der Waals surface area contributed by atoms with Gasteiger partial charge >= 0.3 is 7.12 Å². The van der Waals surface area contributed by atoms with Crippen LogP contribution in [0.5, 0.6) is 0 Å². The minimum atomic E-state index is -0.988. The average molecular weight is 339 g/mol. The SMILES string of the molecule is CCCCNC(=O)c1c(F)ccc(B2OC(C)(C)C(C)(C)O2)c1F. The van der Waals surface area contributed by atoms with Gasteiger partial charge in [0.25, 0.3) is 5.91 Å². The fourth-order valence-electron chi connectivity index (χ4n) is 2.40. The van der Waals surface area contributed by atoms with Crippen LogP contribution >= 0.6 is 0 Å². The van der Waals surface area contributed by atoms with E-state index in [9.17, 15) is 13.6 Å². The van der Waals surface area contributed by atoms with Gasteiger partial charge in [-0.2, -0.15) is 0 Å². The van der Waals surface area contributed by atoms with Crippen molar-refractivity contribution in [1.29, 1.82) is 0 Å². The smallest absolute Gasteiger partial charge is 0.399 e. The minimum absolute atomic E-state index is 0.0238. The number of benzene rings is 1. The second-order valence-electron chi connectivity index (χ2n) is 7.02. The third kappa shape index (κ3) is 3.47. The Kier molecular flexibility index (Phi) is 5.35. The van der Waals surface area contributed by atoms with Gasteiger partial charge in [0.15, 0.2) is 0 Å². The van der Waals surface area contributed by atoms with Crippen LogP contribution in [0.4, 0.5) is 8.78 Å². The van der Waals surface area contributed by atoms with Gasteiger partial charge in [-0.1, -0.05) is 19.4 Å². The van der Waals surface area contributed by atoms with E-state index in [0.717, 1.165) is 18.9 Å². The molecule has 0 radical (unpaired) electrons. The van der Waals surface area contributed by atoms with E-state index in [0.29, 0.717) is 6.54 Å². The van der Waals surface area contributed by atoms with E-state index in [4.69, 9.17) is 9.31 Å². The van der Waals surface area contributed by atoms with Gasteiger partial charge in [-0.05, 0) is 40.2 Å². The Morgan fingerprint density at radius 2 is 1.75 bits per heavy atom. The first-order chi connectivity index (χ1) is 11.1. The minimum Gasteiger partial charge on any atom is -0.399 e. The van der Waals surface area contributed by atoms with Gasteiger partial charge in [-0.25, -0.2) is 8.78 Å². The summed E-state index contributed by atoms with van der Waals surface area (Å²) in [6.45, 7) is 9.69. The van der Waals surface area contributed by atoms with Crippen molar-refractivity contribution in [2.75, 3.05) is 6.54 Å². The summed E-state index contributed by atoms with van der Waals surface area (Å²) < 4.78 is 40.4. The summed E-state index contributed by atoms with van der Waals surface area (Å²) in [6.07, 6.45) is 1.62. The number of carbonyl (C=O) groups excluding carboxylic acids is 1. The maximum Gasteiger partial charge on any atom is 0.497 e. The van der Waals surface area contributed by atoms with Gasteiger partial charge in [0.2, 0.25) is 0 Å². The molecule has 1 aromatic carbocycles. The Morgan fingerprint density at radius 1 is 1.17 bits per heavy atom. The Balaban J connectivity index is 2.31. The summed E-state index contributed by atoms with van der Waals surface area (Å²) in [5.41, 5.74) is -1.88. The molecule has 4 nitrogen and oxygen atoms in total. The van der Waals surface area contributed by atoms with E-state index < -0.39 is 41.4 Å². The molecule has 1 aliphatic heterocycles. The molecule has 0 aliphatic carbocycles. The van der Waals surface area contributed by atoms with Crippen LogP contribution < -0.4 is 10.8 Å². The average Bonchev–Trinajstić information content (AvgIpc) is 2.67. The van der Waals surface area contributed by atoms with Gasteiger partial charge < -0.3 is 14.6 Å². The number of hydrogen-bond acceptors (Lipinski definition) is 3. The highest BCUT2D eigenvalue weighted by Gasteiger charge is 2.52. The van der Waals surface area contributed by atoms with Crippen molar-refractivity contribution in [2.24, 2.45) is 0 Å². The summed E-state index contributed by atoms with van der Waals surface area (Å²) in [6, 6.07) is 2.33. The number of hydrogen-bond donors (Lipinski definition) is 1. The van der Waals surface area contributed by atoms with Crippen LogP contribution in [0.1, 0.15) is 57.8 Å². The molecular formula is C17H24BF2NO3. The first-order valence-corrected chi connectivity index (χ1v) is 8.22. The highest BCUT2D eigenvalue weighted by atomic mass is 19.1. The molecule has 1 aliphatic rings. The van der Waals surface area contributed by atoms with Crippen LogP contribution in [0.25, 0.3) is 0 Å². The number of amides is 1. The molecule has 7 heteroatoms. The topological polar surface area (TPSA) is 47.6 Å². The largest absolute Gasteiger partial charge is 0.497 e. The lowest BCUT2D eigenvalue weighted by Crippen LogP contribution is -2.41. The fourth-order valence-corrected chi connectivity index (χ4v) is 2.40. The summed E-state index contributed by atoms with van der Waals surface area (Å²) >= 11 is 0. The third-order valence-electron chi connectivity index (χ3n) is 4.67. The van der Waals surface area contributed by atoms with Gasteiger partial charge in [0, 0.05) is 12.0 Å². The van der Waals surface area contributed by atoms with Crippen LogP contribution in [0.3, 0.4) is 0 Å². The van der Waals surface area contributed by atoms with Crippen molar-refractivity contribution in [3.8, 4) is 0 Å². The molecule has 0 bridgehead atoms. The molecule has 0 unspecified atom stereocenters. The standard InChI is InChI=1S/C17H24BF2NO3/c1-6-7-10-21-15(22)13-12(19)9-8-11(14(13)20)18-23-16(2,3)17(4,5)24-18/h8-9H,6-7,10H2,1-5H3,(H,21,22). The number of halogens is 2. The molecular weight excluding hydrogens is 315 g/mol. The van der Waals surface area contributed by atoms with E-state index in [2.05, 4.69) is 5.32 Å². The Morgan fingerprint density at radius 3 is 2.29 bits per heavy atom. The summed E-state index contributed by atoms with van der Waals surface area (Å²) in [5, 5.41) is 2.53. The van der Waals surface area contributed by atoms with Gasteiger partial charge in [0.1, 0.15) is 17.2 Å². The predicted octanol–water partition coefficient (Wildman–Crippen LogP) is 2.79. The van der Waals surface area contributed by atoms with Crippen molar-refractivity contribution in [3.05, 3.63) is 29.3 Å². The van der Waals surface area contributed by atoms with Crippen molar-refractivity contribution in [3.63, 3.8) is 0 Å². The highest BCUT2D eigenvalue weighted by Crippen LogP contribution is 2.36. The lowest BCUT2D eigenvalue weighted by molar-refractivity contribution is 0.00578. The zero-order valence-electron chi connectivity index (χ0n) is 14.8. The van der Waals surface area contributed by atoms with Crippen LogP contribution in [0.2, 0.25) is 0 Å². The van der Waals surface area contributed by atoms with Crippen molar-refractivity contribution in [2.45, 2.75) is 58.7 Å². The maximum absolute atomic E-state index is 14.8. The first-order valence-electron chi connectivity index (χ1n) is 8.22. The monoisotopic (exact) mass is 339 g/mol. The molecule has 0 spiro atoms. The lowest BCUT2D eigenvalue weighted by atomic mass is 9.77. The molecule has 1 saturated heterocycles. The molecule has 1 N–H and O–H groups in total. The van der Waals surface area contributed by atoms with E-state index in [1.165, 1.54) is 6.07 Å². The quantitative estimate of drug-likeness (QED) is 0.663. The molecule has 0 aromatic heterocycles. The van der Waals surface area contributed by atoms with Gasteiger partial charge in [-0.3, -0.25) is 4.79 Å². The Hall–Kier alpha value is -1.47. The van der Waals surface area contributed by atoms with Gasteiger partial charge in [-0.15, -0.1) is 0 Å². The maximum atomic E-state index is 14.8. The zero-order chi connectivity index (χ0) is 18.1. The van der Waals surface area contributed by atoms with Crippen LogP contribution in [-0.2, 0) is 9.31 Å². The molecule has 0 atom stereocenters. The first kappa shape index (κ1) is 18.9. The van der Waals surface area contributed by atoms with E-state index in [1.807, 2.05) is 34.6 Å². The molecule has 2 rings (SSSR count). The molecule has 1 amide bonds. The molecule has 1 fully saturated rings. The summed E-state index contributed by atoms with van der Waals surface area (Å²) in [5.74, 6) is -2.61. The lowest BCUT2D eigenvalue weighted by Gasteiger charge is -2.32. The van der Waals surface area contributed by atoms with Crippen LogP contribution in [0.15, 0.2) is 12.1 Å². The molecule has 132 valence electrons. The number of unbranched alkanes of at least 4 members (excludes halogenated alkanes) is 1. The number of carbonyl (C=O) groups is 1. The highest BCUT2D eigenvalue weighted by molar-refractivity contribution is 6.62. The molecule has 24 heavy (non-hydrogen) atoms. The van der Waals surface area contributed by atoms with Crippen LogP contribution in [0, 0.1) is 11.6 Å². The van der Waals surface area contributed by atoms with Crippen molar-refractivity contribution in [1.82, 2.24) is 5.32 Å². The normalized spacial score (nSPS) is 18.7. The van der Waals surface area contributed by atoms with E-state index in [1.54, 1.807) is 0 Å². The van der Waals surface area contributed by atoms with Crippen LogP contribution in [-0.4, -0.2) is 30.8 Å². The van der Waals surface area contributed by atoms with E-state index >= 15 is 0 Å². The van der Waals surface area contributed by atoms with Crippen molar-refractivity contribution >= 4 is 18.5 Å². The number of rotatable bonds is 5. The summed E-state index contributed by atoms with van der Waals surface area (Å²) in [7, 11) is -0.988. The van der Waals surface area contributed by atoms with E-state index in [-0.39, 0.29) is 5.46 Å². The Bertz CT molecular complexity index is 619. The predicted molar refractivity (Wildman–Crippen MR) is 89.3 cm³/mol. The molecule has 0 saturated carbocycles. The van der Waals surface area contributed by atoms with Crippen molar-refractivity contribution < 1.29 is 22.9 Å². The second-order valence-corrected chi connectivity index (χ2v) is 7.02.